The first-order chi connectivity index (χ1) is 10.7. The molecule has 0 bridgehead atoms. The van der Waals surface area contributed by atoms with Crippen molar-refractivity contribution in [2.24, 2.45) is 11.8 Å². The molecule has 1 aliphatic carbocycles. The average molecular weight is 337 g/mol. The van der Waals surface area contributed by atoms with Gasteiger partial charge in [0, 0.05) is 10.8 Å². The van der Waals surface area contributed by atoms with E-state index >= 15 is 0 Å². The topological polar surface area (TPSA) is 55.4 Å². The van der Waals surface area contributed by atoms with Crippen molar-refractivity contribution in [1.82, 2.24) is 0 Å². The van der Waals surface area contributed by atoms with Gasteiger partial charge in [-0.3, -0.25) is 4.79 Å². The van der Waals surface area contributed by atoms with Gasteiger partial charge in [-0.05, 0) is 43.1 Å². The van der Waals surface area contributed by atoms with Gasteiger partial charge in [-0.15, -0.1) is 11.3 Å². The molecule has 23 heavy (non-hydrogen) atoms. The smallest absolute Gasteiger partial charge is 0.350 e. The summed E-state index contributed by atoms with van der Waals surface area (Å²) >= 11 is 1.40. The van der Waals surface area contributed by atoms with Gasteiger partial charge in [0.25, 0.3) is 0 Å². The molecular weight excluding hydrogens is 310 g/mol. The summed E-state index contributed by atoms with van der Waals surface area (Å²) in [4.78, 5) is 26.1. The lowest BCUT2D eigenvalue weighted by Crippen LogP contribution is -2.27. The summed E-state index contributed by atoms with van der Waals surface area (Å²) < 4.78 is 4.86. The first-order valence-electron chi connectivity index (χ1n) is 8.26. The second-order valence-electron chi connectivity index (χ2n) is 7.54. The van der Waals surface area contributed by atoms with Crippen molar-refractivity contribution in [2.45, 2.75) is 58.8 Å². The second kappa shape index (κ2) is 7.04. The lowest BCUT2D eigenvalue weighted by atomic mass is 9.82. The van der Waals surface area contributed by atoms with E-state index in [4.69, 9.17) is 4.74 Å². The van der Waals surface area contributed by atoms with Gasteiger partial charge in [-0.2, -0.15) is 0 Å². The monoisotopic (exact) mass is 337 g/mol. The highest BCUT2D eigenvalue weighted by Crippen LogP contribution is 2.37. The van der Waals surface area contributed by atoms with Crippen molar-refractivity contribution in [3.8, 4) is 0 Å². The zero-order valence-corrected chi connectivity index (χ0v) is 15.5. The zero-order chi connectivity index (χ0) is 17.2. The van der Waals surface area contributed by atoms with Crippen molar-refractivity contribution in [3.05, 3.63) is 15.8 Å². The van der Waals surface area contributed by atoms with Crippen LogP contribution in [0.4, 0.5) is 5.69 Å². The largest absolute Gasteiger partial charge is 0.465 e. The molecule has 0 unspecified atom stereocenters. The summed E-state index contributed by atoms with van der Waals surface area (Å²) in [6, 6.07) is 1.92. The van der Waals surface area contributed by atoms with E-state index in [1.54, 1.807) is 0 Å². The van der Waals surface area contributed by atoms with Crippen LogP contribution in [-0.4, -0.2) is 19.0 Å². The molecule has 1 N–H and O–H groups in total. The molecule has 1 aromatic rings. The van der Waals surface area contributed by atoms with Crippen LogP contribution in [0.3, 0.4) is 0 Å². The molecule has 0 saturated heterocycles. The lowest BCUT2D eigenvalue weighted by Gasteiger charge is -2.25. The van der Waals surface area contributed by atoms with Crippen LogP contribution in [0.5, 0.6) is 0 Å². The van der Waals surface area contributed by atoms with E-state index < -0.39 is 5.97 Å². The van der Waals surface area contributed by atoms with Crippen LogP contribution in [0.15, 0.2) is 6.07 Å². The van der Waals surface area contributed by atoms with Crippen LogP contribution >= 0.6 is 11.3 Å². The molecule has 5 heteroatoms. The summed E-state index contributed by atoms with van der Waals surface area (Å²) in [6.45, 7) is 8.51. The SMILES string of the molecule is COC(=O)c1sc(C(C)(C)C)cc1NC(=O)C1CCC(C)CC1. The minimum absolute atomic E-state index is 0.0281. The van der Waals surface area contributed by atoms with E-state index in [2.05, 4.69) is 33.0 Å². The molecule has 128 valence electrons. The number of anilines is 1. The zero-order valence-electron chi connectivity index (χ0n) is 14.7. The van der Waals surface area contributed by atoms with E-state index in [-0.39, 0.29) is 17.2 Å². The van der Waals surface area contributed by atoms with Crippen molar-refractivity contribution in [2.75, 3.05) is 12.4 Å². The molecule has 1 aliphatic rings. The van der Waals surface area contributed by atoms with E-state index in [0.717, 1.165) is 30.6 Å². The first-order valence-corrected chi connectivity index (χ1v) is 9.07. The summed E-state index contributed by atoms with van der Waals surface area (Å²) in [5.41, 5.74) is 0.520. The fraction of sp³-hybridized carbons (Fsp3) is 0.667. The summed E-state index contributed by atoms with van der Waals surface area (Å²) in [5, 5.41) is 2.97. The van der Waals surface area contributed by atoms with Crippen LogP contribution in [0.1, 0.15) is 67.9 Å². The van der Waals surface area contributed by atoms with Gasteiger partial charge in [0.2, 0.25) is 5.91 Å². The minimum Gasteiger partial charge on any atom is -0.465 e. The van der Waals surface area contributed by atoms with Gasteiger partial charge in [-0.25, -0.2) is 4.79 Å². The van der Waals surface area contributed by atoms with E-state index in [1.165, 1.54) is 18.4 Å². The van der Waals surface area contributed by atoms with Crippen molar-refractivity contribution < 1.29 is 14.3 Å². The molecule has 0 aromatic carbocycles. The van der Waals surface area contributed by atoms with Crippen LogP contribution in [0.2, 0.25) is 0 Å². The van der Waals surface area contributed by atoms with E-state index in [0.29, 0.717) is 16.5 Å². The maximum absolute atomic E-state index is 12.5. The Bertz CT molecular complexity index is 578. The van der Waals surface area contributed by atoms with Gasteiger partial charge < -0.3 is 10.1 Å². The molecule has 0 atom stereocenters. The molecule has 0 aliphatic heterocycles. The molecule has 1 aromatic heterocycles. The van der Waals surface area contributed by atoms with E-state index in [1.807, 2.05) is 6.07 Å². The highest BCUT2D eigenvalue weighted by atomic mass is 32.1. The number of ether oxygens (including phenoxy) is 1. The molecule has 0 spiro atoms. The number of rotatable bonds is 3. The normalized spacial score (nSPS) is 21.8. The highest BCUT2D eigenvalue weighted by Gasteiger charge is 2.28. The number of esters is 1. The van der Waals surface area contributed by atoms with Crippen molar-refractivity contribution in [1.29, 1.82) is 0 Å². The Labute approximate surface area is 142 Å². The number of methoxy groups -OCH3 is 1. The van der Waals surface area contributed by atoms with Crippen LogP contribution < -0.4 is 5.32 Å². The Balaban J connectivity index is 2.19. The first kappa shape index (κ1) is 18.0. The third-order valence-corrected chi connectivity index (χ3v) is 6.03. The molecule has 1 heterocycles. The average Bonchev–Trinajstić information content (AvgIpc) is 2.91. The second-order valence-corrected chi connectivity index (χ2v) is 8.59. The molecule has 1 fully saturated rings. The molecule has 4 nitrogen and oxygen atoms in total. The number of hydrogen-bond donors (Lipinski definition) is 1. The van der Waals surface area contributed by atoms with E-state index in [9.17, 15) is 9.59 Å². The summed E-state index contributed by atoms with van der Waals surface area (Å²) in [5.74, 6) is 0.395. The fourth-order valence-corrected chi connectivity index (χ4v) is 3.94. The third-order valence-electron chi connectivity index (χ3n) is 4.49. The quantitative estimate of drug-likeness (QED) is 0.820. The van der Waals surface area contributed by atoms with Gasteiger partial charge in [0.1, 0.15) is 4.88 Å². The number of carbonyl (C=O) groups is 2. The van der Waals surface area contributed by atoms with Gasteiger partial charge in [-0.1, -0.05) is 27.7 Å². The number of carbonyl (C=O) groups excluding carboxylic acids is 2. The Morgan fingerprint density at radius 2 is 1.83 bits per heavy atom. The van der Waals surface area contributed by atoms with Gasteiger partial charge in [0.05, 0.1) is 12.8 Å². The third kappa shape index (κ3) is 4.34. The molecule has 0 radical (unpaired) electrons. The highest BCUT2D eigenvalue weighted by molar-refractivity contribution is 7.14. The number of hydrogen-bond acceptors (Lipinski definition) is 4. The van der Waals surface area contributed by atoms with Crippen molar-refractivity contribution >= 4 is 28.9 Å². The molecule has 1 amide bonds. The molecule has 1 saturated carbocycles. The summed E-state index contributed by atoms with van der Waals surface area (Å²) in [7, 11) is 1.37. The maximum atomic E-state index is 12.5. The Hall–Kier alpha value is -1.36. The fourth-order valence-electron chi connectivity index (χ4n) is 2.85. The Kier molecular flexibility index (Phi) is 5.50. The number of thiophene rings is 1. The van der Waals surface area contributed by atoms with Crippen LogP contribution in [-0.2, 0) is 14.9 Å². The predicted octanol–water partition coefficient (Wildman–Crippen LogP) is 4.60. The van der Waals surface area contributed by atoms with Gasteiger partial charge in [0.15, 0.2) is 0 Å². The Morgan fingerprint density at radius 1 is 1.22 bits per heavy atom. The predicted molar refractivity (Wildman–Crippen MR) is 94.1 cm³/mol. The molecule has 2 rings (SSSR count). The number of amides is 1. The molecular formula is C18H27NO3S. The standard InChI is InChI=1S/C18H27NO3S/c1-11-6-8-12(9-7-11)16(20)19-13-10-14(18(2,3)4)23-15(13)17(21)22-5/h10-12H,6-9H2,1-5H3,(H,19,20). The lowest BCUT2D eigenvalue weighted by molar-refractivity contribution is -0.121. The number of nitrogens with one attached hydrogen (secondary N) is 1. The van der Waals surface area contributed by atoms with Crippen LogP contribution in [0.25, 0.3) is 0 Å². The maximum Gasteiger partial charge on any atom is 0.350 e. The Morgan fingerprint density at radius 3 is 2.35 bits per heavy atom. The minimum atomic E-state index is -0.391. The van der Waals surface area contributed by atoms with Crippen LogP contribution in [0, 0.1) is 11.8 Å². The van der Waals surface area contributed by atoms with Gasteiger partial charge >= 0.3 is 5.97 Å². The summed E-state index contributed by atoms with van der Waals surface area (Å²) in [6.07, 6.45) is 4.05. The van der Waals surface area contributed by atoms with Crippen molar-refractivity contribution in [3.63, 3.8) is 0 Å².